The van der Waals surface area contributed by atoms with Crippen molar-refractivity contribution in [3.63, 3.8) is 0 Å². The van der Waals surface area contributed by atoms with E-state index in [9.17, 15) is 29.5 Å². The van der Waals surface area contributed by atoms with Crippen molar-refractivity contribution >= 4 is 62.4 Å². The molecular formula is C38H40FN9O7. The van der Waals surface area contributed by atoms with E-state index in [0.29, 0.717) is 40.3 Å². The molecule has 286 valence electrons. The summed E-state index contributed by atoms with van der Waals surface area (Å²) in [6.07, 6.45) is 2.96. The van der Waals surface area contributed by atoms with Crippen molar-refractivity contribution in [3.8, 4) is 17.2 Å². The van der Waals surface area contributed by atoms with E-state index in [1.807, 2.05) is 13.1 Å². The van der Waals surface area contributed by atoms with Crippen LogP contribution in [0, 0.1) is 29.0 Å². The number of H-pyrrole nitrogens is 1. The summed E-state index contributed by atoms with van der Waals surface area (Å²) in [7, 11) is 5.00. The van der Waals surface area contributed by atoms with Crippen molar-refractivity contribution in [2.24, 2.45) is 24.6 Å². The summed E-state index contributed by atoms with van der Waals surface area (Å²) in [5.41, 5.74) is 6.91. The zero-order valence-electron chi connectivity index (χ0n) is 31.1. The third-order valence-electron chi connectivity index (χ3n) is 10.7. The Morgan fingerprint density at radius 1 is 1.13 bits per heavy atom. The lowest BCUT2D eigenvalue weighted by Crippen LogP contribution is -2.40. The molecule has 2 aliphatic heterocycles. The SMILES string of the molecule is CC(OC(=O)C(N)C(C)C)OC(=O)N(C)c1cc(F)c(C#N)c2c1[nH]c1ncc(-c3cnc4c(c3)c(=O)c(C(=O)O)cn4C)c(N3CC[C@H]4CN(C)C[C@H]43)c12. The third kappa shape index (κ3) is 6.26. The number of benzene rings is 1. The lowest BCUT2D eigenvalue weighted by Gasteiger charge is -2.29. The highest BCUT2D eigenvalue weighted by atomic mass is 19.1. The quantitative estimate of drug-likeness (QED) is 0.152. The van der Waals surface area contributed by atoms with Crippen LogP contribution in [0.3, 0.4) is 0 Å². The van der Waals surface area contributed by atoms with Gasteiger partial charge in [-0.25, -0.2) is 23.9 Å². The predicted octanol–water partition coefficient (Wildman–Crippen LogP) is 3.92. The molecule has 4 aromatic heterocycles. The molecule has 0 saturated carbocycles. The Kier molecular flexibility index (Phi) is 9.43. The number of nitrogens with two attached hydrogens (primary N) is 1. The van der Waals surface area contributed by atoms with Gasteiger partial charge in [-0.05, 0) is 31.4 Å². The molecule has 5 aromatic rings. The second-order valence-electron chi connectivity index (χ2n) is 14.6. The number of aryl methyl sites for hydroxylation is 1. The molecule has 0 bridgehead atoms. The van der Waals surface area contributed by atoms with Crippen molar-refractivity contribution in [2.45, 2.75) is 45.6 Å². The highest BCUT2D eigenvalue weighted by molar-refractivity contribution is 6.21. The van der Waals surface area contributed by atoms with Gasteiger partial charge in [-0.3, -0.25) is 14.5 Å². The number of ether oxygens (including phenoxy) is 2. The Balaban J connectivity index is 1.43. The van der Waals surface area contributed by atoms with Gasteiger partial charge in [0, 0.05) is 87.9 Å². The molecule has 4 N–H and O–H groups in total. The minimum absolute atomic E-state index is 0.0244. The summed E-state index contributed by atoms with van der Waals surface area (Å²) in [6, 6.07) is 3.74. The number of aromatic carboxylic acids is 1. The standard InChI is InChI=1S/C38H40FN9O7/c1-17(2)30(41)37(52)54-18(3)55-38(53)47(6)26-10-25(39)22(11-40)28-29-32(48-8-7-19-14-45(4)16-27(19)48)23(13-42-34(29)44-31(26)28)20-9-21-33(49)24(36(50)51)15-46(5)35(21)43-12-20/h9-10,12-13,15,17-19,27,30H,7-8,14,16,41H2,1-6H3,(H,42,44)(H,50,51)/t18?,19-,27+,30?/m0/s1. The van der Waals surface area contributed by atoms with Crippen LogP contribution in [0.2, 0.25) is 0 Å². The molecule has 2 aliphatic rings. The van der Waals surface area contributed by atoms with Gasteiger partial charge >= 0.3 is 18.0 Å². The highest BCUT2D eigenvalue weighted by Gasteiger charge is 2.42. The third-order valence-corrected chi connectivity index (χ3v) is 10.7. The van der Waals surface area contributed by atoms with Gasteiger partial charge in [0.2, 0.25) is 11.7 Å². The summed E-state index contributed by atoms with van der Waals surface area (Å²) in [4.78, 5) is 69.2. The van der Waals surface area contributed by atoms with Crippen LogP contribution in [0.4, 0.5) is 20.6 Å². The first-order valence-corrected chi connectivity index (χ1v) is 17.8. The van der Waals surface area contributed by atoms with Gasteiger partial charge in [-0.2, -0.15) is 5.26 Å². The second-order valence-corrected chi connectivity index (χ2v) is 14.6. The molecular weight excluding hydrogens is 713 g/mol. The van der Waals surface area contributed by atoms with Gasteiger partial charge in [0.25, 0.3) is 0 Å². The number of likely N-dealkylation sites (N-methyl/N-ethyl adjacent to an activating group) is 1. The van der Waals surface area contributed by atoms with Gasteiger partial charge in [-0.1, -0.05) is 13.8 Å². The summed E-state index contributed by atoms with van der Waals surface area (Å²) in [6.45, 7) is 7.08. The number of nitrogens with zero attached hydrogens (tertiary/aromatic N) is 7. The minimum Gasteiger partial charge on any atom is -0.477 e. The molecule has 2 unspecified atom stereocenters. The van der Waals surface area contributed by atoms with Crippen LogP contribution in [0.5, 0.6) is 0 Å². The van der Waals surface area contributed by atoms with Crippen molar-refractivity contribution in [3.05, 3.63) is 57.9 Å². The number of likely N-dealkylation sites (tertiary alicyclic amines) is 1. The number of nitriles is 1. The van der Waals surface area contributed by atoms with Crippen molar-refractivity contribution in [2.75, 3.05) is 43.5 Å². The van der Waals surface area contributed by atoms with Gasteiger partial charge in [-0.15, -0.1) is 0 Å². The molecule has 1 aromatic carbocycles. The van der Waals surface area contributed by atoms with Crippen LogP contribution in [-0.2, 0) is 21.3 Å². The zero-order valence-corrected chi connectivity index (χ0v) is 31.1. The van der Waals surface area contributed by atoms with Gasteiger partial charge in [0.15, 0.2) is 0 Å². The topological polar surface area (TPSA) is 213 Å². The number of carboxylic acids is 1. The normalized spacial score (nSPS) is 18.1. The number of halogens is 1. The number of nitrogens with one attached hydrogen (secondary N) is 1. The fourth-order valence-corrected chi connectivity index (χ4v) is 7.82. The number of anilines is 2. The maximum atomic E-state index is 16.1. The summed E-state index contributed by atoms with van der Waals surface area (Å²) < 4.78 is 28.2. The van der Waals surface area contributed by atoms with Crippen molar-refractivity contribution in [1.29, 1.82) is 5.26 Å². The Hall–Kier alpha value is -6.12. The zero-order chi connectivity index (χ0) is 39.6. The average molecular weight is 754 g/mol. The van der Waals surface area contributed by atoms with E-state index in [-0.39, 0.29) is 45.1 Å². The van der Waals surface area contributed by atoms with E-state index in [0.717, 1.165) is 30.5 Å². The predicted molar refractivity (Wildman–Crippen MR) is 201 cm³/mol. The van der Waals surface area contributed by atoms with Gasteiger partial charge < -0.3 is 39.7 Å². The monoisotopic (exact) mass is 753 g/mol. The number of aromatic nitrogens is 4. The average Bonchev–Trinajstić information content (AvgIpc) is 3.83. The van der Waals surface area contributed by atoms with E-state index in [1.54, 1.807) is 39.4 Å². The molecule has 1 amide bonds. The summed E-state index contributed by atoms with van der Waals surface area (Å²) >= 11 is 0. The molecule has 0 aliphatic carbocycles. The van der Waals surface area contributed by atoms with Crippen molar-refractivity contribution < 1.29 is 33.4 Å². The first kappa shape index (κ1) is 37.2. The molecule has 16 nitrogen and oxygen atoms in total. The van der Waals surface area contributed by atoms with E-state index >= 15 is 4.39 Å². The van der Waals surface area contributed by atoms with E-state index in [1.165, 1.54) is 24.7 Å². The molecule has 2 saturated heterocycles. The number of aromatic amines is 1. The number of amides is 1. The highest BCUT2D eigenvalue weighted by Crippen LogP contribution is 2.47. The number of carbonyl (C=O) groups is 3. The van der Waals surface area contributed by atoms with Crippen LogP contribution in [0.1, 0.15) is 43.1 Å². The van der Waals surface area contributed by atoms with Crippen LogP contribution < -0.4 is 21.0 Å². The number of carboxylic acid groups (broad SMARTS) is 1. The first-order chi connectivity index (χ1) is 26.1. The van der Waals surface area contributed by atoms with E-state index in [4.69, 9.17) is 20.2 Å². The number of fused-ring (bicyclic) bond motifs is 5. The van der Waals surface area contributed by atoms with Crippen molar-refractivity contribution in [1.82, 2.24) is 24.4 Å². The fourth-order valence-electron chi connectivity index (χ4n) is 7.82. The Labute approximate surface area is 313 Å². The number of pyridine rings is 3. The van der Waals surface area contributed by atoms with Crippen LogP contribution >= 0.6 is 0 Å². The van der Waals surface area contributed by atoms with Gasteiger partial charge in [0.05, 0.1) is 33.2 Å². The Bertz CT molecular complexity index is 2530. The minimum atomic E-state index is -1.37. The maximum Gasteiger partial charge on any atom is 0.417 e. The number of rotatable bonds is 8. The van der Waals surface area contributed by atoms with E-state index < -0.39 is 47.2 Å². The molecule has 17 heteroatoms. The van der Waals surface area contributed by atoms with Gasteiger partial charge in [0.1, 0.15) is 34.8 Å². The summed E-state index contributed by atoms with van der Waals surface area (Å²) in [5, 5.41) is 20.8. The molecule has 6 heterocycles. The van der Waals surface area contributed by atoms with Crippen LogP contribution in [0.15, 0.2) is 35.5 Å². The fraction of sp³-hybridized carbons (Fsp3) is 0.395. The molecule has 7 rings (SSSR count). The number of esters is 1. The summed E-state index contributed by atoms with van der Waals surface area (Å²) in [5.74, 6) is -2.92. The number of carbonyl (C=O) groups excluding carboxylic acids is 2. The smallest absolute Gasteiger partial charge is 0.417 e. The molecule has 2 fully saturated rings. The number of hydrogen-bond acceptors (Lipinski definition) is 12. The Morgan fingerprint density at radius 3 is 2.56 bits per heavy atom. The molecule has 55 heavy (non-hydrogen) atoms. The molecule has 0 spiro atoms. The second kappa shape index (κ2) is 13.9. The lowest BCUT2D eigenvalue weighted by atomic mass is 9.98. The first-order valence-electron chi connectivity index (χ1n) is 17.8. The molecule has 0 radical (unpaired) electrons. The number of hydrogen-bond donors (Lipinski definition) is 3. The van der Waals surface area contributed by atoms with E-state index in [2.05, 4.69) is 19.8 Å². The van der Waals surface area contributed by atoms with Crippen LogP contribution in [0.25, 0.3) is 44.1 Å². The van der Waals surface area contributed by atoms with Crippen LogP contribution in [-0.4, -0.2) is 99.7 Å². The molecule has 4 atom stereocenters. The lowest BCUT2D eigenvalue weighted by molar-refractivity contribution is -0.167. The largest absolute Gasteiger partial charge is 0.477 e. The Morgan fingerprint density at radius 2 is 1.87 bits per heavy atom. The maximum absolute atomic E-state index is 16.1.